The molecule has 0 spiro atoms. The van der Waals surface area contributed by atoms with Crippen LogP contribution in [0.5, 0.6) is 0 Å². The number of carbonyl (C=O) groups is 2. The Labute approximate surface area is 142 Å². The van der Waals surface area contributed by atoms with E-state index in [0.29, 0.717) is 18.8 Å². The zero-order valence-corrected chi connectivity index (χ0v) is 14.6. The summed E-state index contributed by atoms with van der Waals surface area (Å²) in [4.78, 5) is 27.4. The maximum absolute atomic E-state index is 12.3. The molecule has 6 nitrogen and oxygen atoms in total. The molecule has 0 atom stereocenters. The molecule has 0 aliphatic rings. The first-order chi connectivity index (χ1) is 11.5. The Balaban J connectivity index is 2.37. The normalized spacial score (nSPS) is 10.3. The molecule has 6 heteroatoms. The van der Waals surface area contributed by atoms with Crippen molar-refractivity contribution in [3.05, 3.63) is 36.4 Å². The predicted octanol–water partition coefficient (Wildman–Crippen LogP) is 3.81. The third kappa shape index (κ3) is 3.76. The molecule has 0 unspecified atom stereocenters. The van der Waals surface area contributed by atoms with Crippen LogP contribution in [0.3, 0.4) is 0 Å². The molecule has 0 aromatic heterocycles. The topological polar surface area (TPSA) is 64.7 Å². The molecule has 2 rings (SSSR count). The van der Waals surface area contributed by atoms with Gasteiger partial charge in [-0.2, -0.15) is 0 Å². The molecule has 2 aromatic carbocycles. The molecule has 2 N–H and O–H groups in total. The highest BCUT2D eigenvalue weighted by Crippen LogP contribution is 2.29. The van der Waals surface area contributed by atoms with Crippen molar-refractivity contribution in [2.45, 2.75) is 13.8 Å². The molecular formula is C18H24N4O2. The number of hydrogen-bond donors (Lipinski definition) is 2. The maximum Gasteiger partial charge on any atom is 0.321 e. The van der Waals surface area contributed by atoms with E-state index in [2.05, 4.69) is 10.6 Å². The molecular weight excluding hydrogens is 304 g/mol. The van der Waals surface area contributed by atoms with Crippen molar-refractivity contribution in [1.29, 1.82) is 0 Å². The summed E-state index contributed by atoms with van der Waals surface area (Å²) >= 11 is 0. The van der Waals surface area contributed by atoms with E-state index in [1.54, 1.807) is 19.0 Å². The van der Waals surface area contributed by atoms with E-state index >= 15 is 0 Å². The van der Waals surface area contributed by atoms with Gasteiger partial charge in [-0.15, -0.1) is 0 Å². The van der Waals surface area contributed by atoms with Gasteiger partial charge in [0.1, 0.15) is 0 Å². The lowest BCUT2D eigenvalue weighted by molar-refractivity contribution is 0.217. The summed E-state index contributed by atoms with van der Waals surface area (Å²) in [5, 5.41) is 7.59. The van der Waals surface area contributed by atoms with Crippen molar-refractivity contribution in [3.63, 3.8) is 0 Å². The number of anilines is 2. The summed E-state index contributed by atoms with van der Waals surface area (Å²) in [5.74, 6) is 0. The fraction of sp³-hybridized carbons (Fsp3) is 0.333. The highest BCUT2D eigenvalue weighted by atomic mass is 16.2. The van der Waals surface area contributed by atoms with Crippen LogP contribution in [0.4, 0.5) is 21.0 Å². The third-order valence-electron chi connectivity index (χ3n) is 3.86. The Morgan fingerprint density at radius 1 is 0.833 bits per heavy atom. The van der Waals surface area contributed by atoms with Gasteiger partial charge in [-0.25, -0.2) is 9.59 Å². The maximum atomic E-state index is 12.3. The molecule has 4 amide bonds. The van der Waals surface area contributed by atoms with Crippen molar-refractivity contribution in [3.8, 4) is 0 Å². The molecule has 0 saturated carbocycles. The first kappa shape index (κ1) is 17.6. The Kier molecular flexibility index (Phi) is 5.63. The van der Waals surface area contributed by atoms with E-state index in [-0.39, 0.29) is 12.1 Å². The van der Waals surface area contributed by atoms with E-state index in [0.717, 1.165) is 16.5 Å². The molecule has 0 aliphatic carbocycles. The van der Waals surface area contributed by atoms with Crippen molar-refractivity contribution in [1.82, 2.24) is 9.80 Å². The number of nitrogens with zero attached hydrogens (tertiary/aromatic N) is 2. The van der Waals surface area contributed by atoms with Gasteiger partial charge in [0, 0.05) is 38.0 Å². The van der Waals surface area contributed by atoms with E-state index in [9.17, 15) is 9.59 Å². The number of nitrogens with one attached hydrogen (secondary N) is 2. The summed E-state index contributed by atoms with van der Waals surface area (Å²) < 4.78 is 0. The minimum absolute atomic E-state index is 0.129. The van der Waals surface area contributed by atoms with Crippen molar-refractivity contribution < 1.29 is 9.59 Å². The molecule has 0 saturated heterocycles. The Hall–Kier alpha value is -2.76. The van der Waals surface area contributed by atoms with Gasteiger partial charge in [0.25, 0.3) is 0 Å². The second-order valence-electron chi connectivity index (χ2n) is 5.63. The monoisotopic (exact) mass is 328 g/mol. The van der Waals surface area contributed by atoms with Crippen molar-refractivity contribution >= 4 is 34.2 Å². The molecule has 128 valence electrons. The van der Waals surface area contributed by atoms with Crippen LogP contribution in [0.2, 0.25) is 0 Å². The predicted molar refractivity (Wildman–Crippen MR) is 98.6 cm³/mol. The van der Waals surface area contributed by atoms with Gasteiger partial charge in [0.15, 0.2) is 0 Å². The summed E-state index contributed by atoms with van der Waals surface area (Å²) in [6.07, 6.45) is 0. The van der Waals surface area contributed by atoms with Gasteiger partial charge in [-0.1, -0.05) is 24.3 Å². The van der Waals surface area contributed by atoms with Crippen molar-refractivity contribution in [2.24, 2.45) is 0 Å². The summed E-state index contributed by atoms with van der Waals surface area (Å²) in [5.41, 5.74) is 1.44. The van der Waals surface area contributed by atoms with E-state index in [1.165, 1.54) is 4.90 Å². The van der Waals surface area contributed by atoms with Gasteiger partial charge < -0.3 is 20.4 Å². The number of rotatable bonds is 4. The first-order valence-corrected chi connectivity index (χ1v) is 8.03. The number of urea groups is 2. The largest absolute Gasteiger partial charge is 0.331 e. The smallest absolute Gasteiger partial charge is 0.321 e. The van der Waals surface area contributed by atoms with Crippen LogP contribution in [0, 0.1) is 0 Å². The Bertz CT molecular complexity index is 739. The van der Waals surface area contributed by atoms with Crippen LogP contribution >= 0.6 is 0 Å². The zero-order valence-electron chi connectivity index (χ0n) is 14.6. The standard InChI is InChI=1S/C18H24N4O2/c1-5-22(6-2)18(24)20-16-12-8-9-13-14(16)10-7-11-15(13)19-17(23)21(3)4/h7-12H,5-6H2,1-4H3,(H,19,23)(H,20,24). The Morgan fingerprint density at radius 3 is 1.71 bits per heavy atom. The lowest BCUT2D eigenvalue weighted by atomic mass is 10.1. The third-order valence-corrected chi connectivity index (χ3v) is 3.86. The first-order valence-electron chi connectivity index (χ1n) is 8.03. The van der Waals surface area contributed by atoms with Crippen LogP contribution in [-0.4, -0.2) is 49.0 Å². The number of benzene rings is 2. The number of carbonyl (C=O) groups excluding carboxylic acids is 2. The van der Waals surface area contributed by atoms with Crippen LogP contribution in [-0.2, 0) is 0 Å². The lowest BCUT2D eigenvalue weighted by Gasteiger charge is -2.20. The molecule has 0 heterocycles. The fourth-order valence-electron chi connectivity index (χ4n) is 2.46. The van der Waals surface area contributed by atoms with Gasteiger partial charge in [0.05, 0.1) is 11.4 Å². The summed E-state index contributed by atoms with van der Waals surface area (Å²) in [6, 6.07) is 11.0. The number of amides is 4. The number of fused-ring (bicyclic) bond motifs is 1. The molecule has 0 radical (unpaired) electrons. The van der Waals surface area contributed by atoms with Crippen LogP contribution < -0.4 is 10.6 Å². The minimum Gasteiger partial charge on any atom is -0.331 e. The van der Waals surface area contributed by atoms with Crippen LogP contribution in [0.1, 0.15) is 13.8 Å². The SMILES string of the molecule is CCN(CC)C(=O)Nc1cccc2c(NC(=O)N(C)C)cccc12. The minimum atomic E-state index is -0.194. The highest BCUT2D eigenvalue weighted by Gasteiger charge is 2.13. The molecule has 2 aromatic rings. The second kappa shape index (κ2) is 7.68. The summed E-state index contributed by atoms with van der Waals surface area (Å²) in [6.45, 7) is 5.19. The van der Waals surface area contributed by atoms with Gasteiger partial charge in [-0.05, 0) is 26.0 Å². The quantitative estimate of drug-likeness (QED) is 0.896. The number of hydrogen-bond acceptors (Lipinski definition) is 2. The second-order valence-corrected chi connectivity index (χ2v) is 5.63. The van der Waals surface area contributed by atoms with E-state index < -0.39 is 0 Å². The van der Waals surface area contributed by atoms with Crippen LogP contribution in [0.25, 0.3) is 10.8 Å². The van der Waals surface area contributed by atoms with Gasteiger partial charge >= 0.3 is 12.1 Å². The lowest BCUT2D eigenvalue weighted by Crippen LogP contribution is -2.34. The fourth-order valence-corrected chi connectivity index (χ4v) is 2.46. The van der Waals surface area contributed by atoms with Crippen LogP contribution in [0.15, 0.2) is 36.4 Å². The molecule has 0 bridgehead atoms. The molecule has 0 aliphatic heterocycles. The summed E-state index contributed by atoms with van der Waals surface area (Å²) in [7, 11) is 3.38. The van der Waals surface area contributed by atoms with Gasteiger partial charge in [-0.3, -0.25) is 0 Å². The molecule has 24 heavy (non-hydrogen) atoms. The average molecular weight is 328 g/mol. The van der Waals surface area contributed by atoms with Gasteiger partial charge in [0.2, 0.25) is 0 Å². The van der Waals surface area contributed by atoms with E-state index in [4.69, 9.17) is 0 Å². The average Bonchev–Trinajstić information content (AvgIpc) is 2.56. The van der Waals surface area contributed by atoms with E-state index in [1.807, 2.05) is 50.2 Å². The highest BCUT2D eigenvalue weighted by molar-refractivity contribution is 6.08. The zero-order chi connectivity index (χ0) is 17.7. The van der Waals surface area contributed by atoms with Crippen molar-refractivity contribution in [2.75, 3.05) is 37.8 Å². The molecule has 0 fully saturated rings. The Morgan fingerprint density at radius 2 is 1.29 bits per heavy atom.